The predicted octanol–water partition coefficient (Wildman–Crippen LogP) is 22.0. The molecule has 0 aliphatic carbocycles. The summed E-state index contributed by atoms with van der Waals surface area (Å²) in [5.41, 5.74) is 0. The molecule has 0 amide bonds. The van der Waals surface area contributed by atoms with Crippen molar-refractivity contribution in [3.63, 3.8) is 0 Å². The van der Waals surface area contributed by atoms with Gasteiger partial charge in [-0.25, -0.2) is 0 Å². The standard InChI is InChI=1S/C70H120O6/c1-4-7-10-13-16-19-22-25-28-30-32-34-35-37-38-40-42-45-48-51-54-57-60-63-69(72)75-66-67(65-74-68(71)62-59-56-53-50-47-44-27-24-21-18-15-12-9-6-3)76-70(73)64-61-58-55-52-49-46-43-41-39-36-33-31-29-26-23-20-17-14-11-8-5-2/h8,11,15,17-18,20,24,26-27,29-30,32-33,36,41,43,67H,4-7,9-10,12-14,16,19,21-23,25,28,31,34-35,37-40,42,44-66H2,1-3H3/b11-8-,18-15-,20-17-,27-24-,29-26-,32-30-,36-33-,43-41-. The van der Waals surface area contributed by atoms with E-state index in [1.165, 1.54) is 135 Å². The molecule has 0 aromatic rings. The highest BCUT2D eigenvalue weighted by Crippen LogP contribution is 2.16. The average Bonchev–Trinajstić information content (AvgIpc) is 3.42. The number of unbranched alkanes of at least 4 members (excludes halogenated alkanes) is 31. The Labute approximate surface area is 470 Å². The molecule has 0 saturated carbocycles. The third kappa shape index (κ3) is 61.2. The van der Waals surface area contributed by atoms with Crippen LogP contribution in [0.25, 0.3) is 0 Å². The van der Waals surface area contributed by atoms with Gasteiger partial charge in [0.05, 0.1) is 0 Å². The van der Waals surface area contributed by atoms with E-state index in [0.717, 1.165) is 135 Å². The highest BCUT2D eigenvalue weighted by atomic mass is 16.6. The SMILES string of the molecule is CC/C=C\C/C=C\C/C=C\C/C=C\C/C=C\CCCCCCCC(=O)OC(COC(=O)CCCCCCC/C=C\C/C=C\CCCC)COC(=O)CCCCCCCCCCCCC/C=C\CCCCCCCCCC. The molecule has 0 aliphatic heterocycles. The molecule has 0 bridgehead atoms. The highest BCUT2D eigenvalue weighted by Gasteiger charge is 2.19. The Hall–Kier alpha value is -3.67. The zero-order valence-electron chi connectivity index (χ0n) is 50.0. The summed E-state index contributed by atoms with van der Waals surface area (Å²) >= 11 is 0. The molecule has 0 spiro atoms. The van der Waals surface area contributed by atoms with Gasteiger partial charge in [0.1, 0.15) is 13.2 Å². The monoisotopic (exact) mass is 1060 g/mol. The Morgan fingerprint density at radius 2 is 0.526 bits per heavy atom. The summed E-state index contributed by atoms with van der Waals surface area (Å²) in [6.45, 7) is 6.48. The van der Waals surface area contributed by atoms with Gasteiger partial charge in [-0.05, 0) is 116 Å². The second-order valence-electron chi connectivity index (χ2n) is 21.3. The van der Waals surface area contributed by atoms with Crippen LogP contribution in [0.15, 0.2) is 97.2 Å². The van der Waals surface area contributed by atoms with Gasteiger partial charge in [0.25, 0.3) is 0 Å². The third-order valence-corrected chi connectivity index (χ3v) is 13.8. The summed E-state index contributed by atoms with van der Waals surface area (Å²) in [4.78, 5) is 38.3. The van der Waals surface area contributed by atoms with Crippen molar-refractivity contribution in [3.05, 3.63) is 97.2 Å². The normalized spacial score (nSPS) is 12.7. The van der Waals surface area contributed by atoms with E-state index in [4.69, 9.17) is 14.2 Å². The Morgan fingerprint density at radius 3 is 0.855 bits per heavy atom. The van der Waals surface area contributed by atoms with Crippen molar-refractivity contribution in [3.8, 4) is 0 Å². The number of allylic oxidation sites excluding steroid dienone is 16. The maximum Gasteiger partial charge on any atom is 0.306 e. The molecule has 436 valence electrons. The first-order chi connectivity index (χ1) is 37.5. The molecule has 0 aliphatic rings. The summed E-state index contributed by atoms with van der Waals surface area (Å²) in [6.07, 6.45) is 85.5. The fraction of sp³-hybridized carbons (Fsp3) is 0.729. The van der Waals surface area contributed by atoms with Crippen molar-refractivity contribution >= 4 is 17.9 Å². The quantitative estimate of drug-likeness (QED) is 0.0261. The van der Waals surface area contributed by atoms with Crippen molar-refractivity contribution in [1.29, 1.82) is 0 Å². The van der Waals surface area contributed by atoms with Crippen molar-refractivity contribution in [2.45, 2.75) is 316 Å². The molecule has 6 heteroatoms. The molecule has 0 fully saturated rings. The largest absolute Gasteiger partial charge is 0.462 e. The van der Waals surface area contributed by atoms with Crippen LogP contribution in [0, 0.1) is 0 Å². The predicted molar refractivity (Wildman–Crippen MR) is 330 cm³/mol. The topological polar surface area (TPSA) is 78.9 Å². The first-order valence-corrected chi connectivity index (χ1v) is 32.2. The lowest BCUT2D eigenvalue weighted by molar-refractivity contribution is -0.167. The van der Waals surface area contributed by atoms with E-state index in [-0.39, 0.29) is 31.1 Å². The van der Waals surface area contributed by atoms with Crippen LogP contribution in [0.2, 0.25) is 0 Å². The fourth-order valence-electron chi connectivity index (χ4n) is 8.95. The number of rotatable bonds is 58. The molecule has 6 nitrogen and oxygen atoms in total. The van der Waals surface area contributed by atoms with Gasteiger partial charge in [0.2, 0.25) is 0 Å². The van der Waals surface area contributed by atoms with E-state index in [1.807, 2.05) is 0 Å². The van der Waals surface area contributed by atoms with Gasteiger partial charge in [0, 0.05) is 19.3 Å². The minimum atomic E-state index is -0.796. The molecular weight excluding hydrogens is 937 g/mol. The number of hydrogen-bond donors (Lipinski definition) is 0. The van der Waals surface area contributed by atoms with E-state index in [9.17, 15) is 14.4 Å². The lowest BCUT2D eigenvalue weighted by atomic mass is 10.0. The van der Waals surface area contributed by atoms with Gasteiger partial charge in [-0.15, -0.1) is 0 Å². The fourth-order valence-corrected chi connectivity index (χ4v) is 8.95. The van der Waals surface area contributed by atoms with Gasteiger partial charge < -0.3 is 14.2 Å². The van der Waals surface area contributed by atoms with E-state index in [2.05, 4.69) is 118 Å². The van der Waals surface area contributed by atoms with Gasteiger partial charge >= 0.3 is 17.9 Å². The minimum Gasteiger partial charge on any atom is -0.462 e. The van der Waals surface area contributed by atoms with Gasteiger partial charge in [0.15, 0.2) is 6.10 Å². The van der Waals surface area contributed by atoms with Gasteiger partial charge in [-0.2, -0.15) is 0 Å². The molecule has 1 atom stereocenters. The Balaban J connectivity index is 4.38. The molecule has 0 saturated heterocycles. The summed E-state index contributed by atoms with van der Waals surface area (Å²) in [7, 11) is 0. The minimum absolute atomic E-state index is 0.0900. The van der Waals surface area contributed by atoms with Crippen LogP contribution in [-0.4, -0.2) is 37.2 Å². The Kier molecular flexibility index (Phi) is 60.8. The van der Waals surface area contributed by atoms with Crippen molar-refractivity contribution < 1.29 is 28.6 Å². The zero-order valence-corrected chi connectivity index (χ0v) is 50.0. The maximum absolute atomic E-state index is 12.9. The molecule has 0 aromatic heterocycles. The first-order valence-electron chi connectivity index (χ1n) is 32.2. The van der Waals surface area contributed by atoms with Crippen LogP contribution >= 0.6 is 0 Å². The van der Waals surface area contributed by atoms with Crippen LogP contribution in [-0.2, 0) is 28.6 Å². The number of hydrogen-bond acceptors (Lipinski definition) is 6. The molecule has 76 heavy (non-hydrogen) atoms. The third-order valence-electron chi connectivity index (χ3n) is 13.8. The molecule has 0 N–H and O–H groups in total. The van der Waals surface area contributed by atoms with Crippen molar-refractivity contribution in [2.75, 3.05) is 13.2 Å². The van der Waals surface area contributed by atoms with Crippen LogP contribution in [0.1, 0.15) is 310 Å². The van der Waals surface area contributed by atoms with Crippen LogP contribution in [0.4, 0.5) is 0 Å². The summed E-state index contributed by atoms with van der Waals surface area (Å²) < 4.78 is 16.9. The van der Waals surface area contributed by atoms with Crippen LogP contribution < -0.4 is 0 Å². The second-order valence-corrected chi connectivity index (χ2v) is 21.3. The molecule has 0 radical (unpaired) electrons. The van der Waals surface area contributed by atoms with Crippen molar-refractivity contribution in [2.24, 2.45) is 0 Å². The number of carbonyl (C=O) groups excluding carboxylic acids is 3. The maximum atomic E-state index is 12.9. The Bertz CT molecular complexity index is 1490. The van der Waals surface area contributed by atoms with Gasteiger partial charge in [-0.1, -0.05) is 272 Å². The van der Waals surface area contributed by atoms with Crippen LogP contribution in [0.5, 0.6) is 0 Å². The molecule has 0 rings (SSSR count). The van der Waals surface area contributed by atoms with Crippen molar-refractivity contribution in [1.82, 2.24) is 0 Å². The van der Waals surface area contributed by atoms with E-state index < -0.39 is 6.10 Å². The lowest BCUT2D eigenvalue weighted by Gasteiger charge is -2.18. The smallest absolute Gasteiger partial charge is 0.306 e. The first kappa shape index (κ1) is 72.3. The summed E-state index contributed by atoms with van der Waals surface area (Å²) in [6, 6.07) is 0. The Morgan fingerprint density at radius 1 is 0.276 bits per heavy atom. The van der Waals surface area contributed by atoms with E-state index in [0.29, 0.717) is 19.3 Å². The second kappa shape index (κ2) is 63.9. The number of carbonyl (C=O) groups is 3. The zero-order chi connectivity index (χ0) is 55.0. The van der Waals surface area contributed by atoms with E-state index in [1.54, 1.807) is 0 Å². The van der Waals surface area contributed by atoms with Gasteiger partial charge in [-0.3, -0.25) is 14.4 Å². The number of ether oxygens (including phenoxy) is 3. The average molecular weight is 1060 g/mol. The molecule has 0 aromatic carbocycles. The molecular formula is C70H120O6. The molecule has 0 heterocycles. The summed E-state index contributed by atoms with van der Waals surface area (Å²) in [5, 5.41) is 0. The summed E-state index contributed by atoms with van der Waals surface area (Å²) in [5.74, 6) is -0.915. The highest BCUT2D eigenvalue weighted by molar-refractivity contribution is 5.71. The lowest BCUT2D eigenvalue weighted by Crippen LogP contribution is -2.30. The number of esters is 3. The molecule has 1 unspecified atom stereocenters. The van der Waals surface area contributed by atoms with E-state index >= 15 is 0 Å². The van der Waals surface area contributed by atoms with Crippen LogP contribution in [0.3, 0.4) is 0 Å².